The molecule has 0 aliphatic heterocycles. The van der Waals surface area contributed by atoms with Gasteiger partial charge in [-0.2, -0.15) is 0 Å². The Morgan fingerprint density at radius 3 is 2.56 bits per heavy atom. The van der Waals surface area contributed by atoms with Crippen molar-refractivity contribution in [1.29, 1.82) is 0 Å². The Labute approximate surface area is 110 Å². The highest BCUT2D eigenvalue weighted by Gasteiger charge is 2.15. The monoisotopic (exact) mass is 261 g/mol. The molecule has 0 aliphatic carbocycles. The van der Waals surface area contributed by atoms with Gasteiger partial charge in [0.2, 0.25) is 0 Å². The predicted octanol–water partition coefficient (Wildman–Crippen LogP) is 3.40. The highest BCUT2D eigenvalue weighted by Crippen LogP contribution is 2.34. The molecule has 1 aromatic carbocycles. The number of nitrogens with two attached hydrogens (primary N) is 1. The van der Waals surface area contributed by atoms with Crippen LogP contribution < -0.4 is 5.73 Å². The molecule has 0 fully saturated rings. The van der Waals surface area contributed by atoms with Crippen molar-refractivity contribution in [2.75, 3.05) is 12.8 Å². The lowest BCUT2D eigenvalue weighted by atomic mass is 10.1. The highest BCUT2D eigenvalue weighted by molar-refractivity contribution is 7.18. The summed E-state index contributed by atoms with van der Waals surface area (Å²) in [5.41, 5.74) is 9.85. The quantitative estimate of drug-likeness (QED) is 0.843. The number of carbonyl (C=O) groups is 1. The lowest BCUT2D eigenvalue weighted by Crippen LogP contribution is -2.00. The summed E-state index contributed by atoms with van der Waals surface area (Å²) in [5.74, 6) is -0.382. The number of ether oxygens (including phenoxy) is 1. The normalized spacial score (nSPS) is 10.4. The number of methoxy groups -OCH3 is 1. The first-order valence-electron chi connectivity index (χ1n) is 5.58. The molecule has 94 valence electrons. The fraction of sp³-hybridized carbons (Fsp3) is 0.214. The Morgan fingerprint density at radius 2 is 1.94 bits per heavy atom. The molecule has 1 aromatic heterocycles. The molecular formula is C14H15NO2S. The fourth-order valence-electron chi connectivity index (χ4n) is 1.69. The number of rotatable bonds is 2. The Kier molecular flexibility index (Phi) is 3.39. The minimum absolute atomic E-state index is 0.382. The van der Waals surface area contributed by atoms with E-state index in [2.05, 4.69) is 26.0 Å². The molecule has 1 heterocycles. The van der Waals surface area contributed by atoms with Gasteiger partial charge in [-0.25, -0.2) is 4.79 Å². The van der Waals surface area contributed by atoms with Crippen LogP contribution in [0.5, 0.6) is 0 Å². The summed E-state index contributed by atoms with van der Waals surface area (Å²) in [6, 6.07) is 8.02. The molecule has 2 N–H and O–H groups in total. The van der Waals surface area contributed by atoms with Gasteiger partial charge in [-0.1, -0.05) is 18.2 Å². The molecule has 0 unspecified atom stereocenters. The van der Waals surface area contributed by atoms with Crippen molar-refractivity contribution in [2.24, 2.45) is 0 Å². The maximum atomic E-state index is 11.5. The first-order valence-corrected chi connectivity index (χ1v) is 6.40. The van der Waals surface area contributed by atoms with Crippen LogP contribution in [0.1, 0.15) is 20.8 Å². The summed E-state index contributed by atoms with van der Waals surface area (Å²) in [6.07, 6.45) is 0. The average Bonchev–Trinajstić information content (AvgIpc) is 2.74. The number of hydrogen-bond donors (Lipinski definition) is 1. The number of hydrogen-bond acceptors (Lipinski definition) is 4. The van der Waals surface area contributed by atoms with Gasteiger partial charge in [0.15, 0.2) is 0 Å². The zero-order chi connectivity index (χ0) is 13.3. The van der Waals surface area contributed by atoms with Gasteiger partial charge in [0.05, 0.1) is 12.8 Å². The number of anilines is 1. The number of benzene rings is 1. The van der Waals surface area contributed by atoms with E-state index in [9.17, 15) is 4.79 Å². The first-order chi connectivity index (χ1) is 8.52. The first kappa shape index (κ1) is 12.6. The molecule has 0 saturated heterocycles. The summed E-state index contributed by atoms with van der Waals surface area (Å²) in [7, 11) is 1.36. The smallest absolute Gasteiger partial charge is 0.350 e. The third-order valence-electron chi connectivity index (χ3n) is 2.92. The summed E-state index contributed by atoms with van der Waals surface area (Å²) >= 11 is 1.36. The van der Waals surface area contributed by atoms with Crippen LogP contribution in [0, 0.1) is 13.8 Å². The van der Waals surface area contributed by atoms with E-state index in [-0.39, 0.29) is 5.97 Å². The maximum absolute atomic E-state index is 11.5. The van der Waals surface area contributed by atoms with E-state index >= 15 is 0 Å². The fourth-order valence-corrected chi connectivity index (χ4v) is 2.69. The van der Waals surface area contributed by atoms with Crippen molar-refractivity contribution in [3.05, 3.63) is 40.3 Å². The number of carbonyl (C=O) groups excluding carboxylic acids is 1. The standard InChI is InChI=1S/C14H15NO2S/c1-8-4-5-10(6-9(8)2)12-7-11(15)13(18-12)14(16)17-3/h4-7H,15H2,1-3H3. The lowest BCUT2D eigenvalue weighted by Gasteiger charge is -2.02. The molecule has 2 rings (SSSR count). The van der Waals surface area contributed by atoms with Crippen LogP contribution in [0.3, 0.4) is 0 Å². The SMILES string of the molecule is COC(=O)c1sc(-c2ccc(C)c(C)c2)cc1N. The van der Waals surface area contributed by atoms with Crippen molar-refractivity contribution in [2.45, 2.75) is 13.8 Å². The molecular weight excluding hydrogens is 246 g/mol. The van der Waals surface area contributed by atoms with Crippen LogP contribution in [0.2, 0.25) is 0 Å². The summed E-state index contributed by atoms with van der Waals surface area (Å²) < 4.78 is 4.70. The van der Waals surface area contributed by atoms with Crippen LogP contribution in [0.15, 0.2) is 24.3 Å². The van der Waals surface area contributed by atoms with Crippen LogP contribution in [-0.4, -0.2) is 13.1 Å². The molecule has 0 bridgehead atoms. The van der Waals surface area contributed by atoms with Gasteiger partial charge in [0, 0.05) is 4.88 Å². The van der Waals surface area contributed by atoms with E-state index in [4.69, 9.17) is 10.5 Å². The Bertz CT molecular complexity index is 602. The van der Waals surface area contributed by atoms with Gasteiger partial charge in [0.25, 0.3) is 0 Å². The summed E-state index contributed by atoms with van der Waals surface area (Å²) in [6.45, 7) is 4.14. The molecule has 4 heteroatoms. The molecule has 0 atom stereocenters. The van der Waals surface area contributed by atoms with Gasteiger partial charge < -0.3 is 10.5 Å². The van der Waals surface area contributed by atoms with E-state index < -0.39 is 0 Å². The van der Waals surface area contributed by atoms with Gasteiger partial charge in [-0.15, -0.1) is 11.3 Å². The highest BCUT2D eigenvalue weighted by atomic mass is 32.1. The van der Waals surface area contributed by atoms with Crippen LogP contribution >= 0.6 is 11.3 Å². The molecule has 2 aromatic rings. The second-order valence-electron chi connectivity index (χ2n) is 4.19. The maximum Gasteiger partial charge on any atom is 0.350 e. The molecule has 3 nitrogen and oxygen atoms in total. The van der Waals surface area contributed by atoms with Crippen molar-refractivity contribution in [3.8, 4) is 10.4 Å². The van der Waals surface area contributed by atoms with Crippen molar-refractivity contribution in [1.82, 2.24) is 0 Å². The summed E-state index contributed by atoms with van der Waals surface area (Å²) in [4.78, 5) is 13.0. The molecule has 0 radical (unpaired) electrons. The van der Waals surface area contributed by atoms with Crippen LogP contribution in [0.4, 0.5) is 5.69 Å². The zero-order valence-electron chi connectivity index (χ0n) is 10.6. The lowest BCUT2D eigenvalue weighted by molar-refractivity contribution is 0.0607. The van der Waals surface area contributed by atoms with Crippen molar-refractivity contribution < 1.29 is 9.53 Å². The zero-order valence-corrected chi connectivity index (χ0v) is 11.4. The molecule has 0 spiro atoms. The van der Waals surface area contributed by atoms with Crippen molar-refractivity contribution in [3.63, 3.8) is 0 Å². The van der Waals surface area contributed by atoms with Crippen molar-refractivity contribution >= 4 is 23.0 Å². The largest absolute Gasteiger partial charge is 0.465 e. The number of thiophene rings is 1. The minimum Gasteiger partial charge on any atom is -0.465 e. The summed E-state index contributed by atoms with van der Waals surface area (Å²) in [5, 5.41) is 0. The second kappa shape index (κ2) is 4.82. The predicted molar refractivity (Wildman–Crippen MR) is 75.0 cm³/mol. The van der Waals surface area contributed by atoms with Gasteiger partial charge in [0.1, 0.15) is 4.88 Å². The Morgan fingerprint density at radius 1 is 1.22 bits per heavy atom. The minimum atomic E-state index is -0.382. The molecule has 0 amide bonds. The number of aryl methyl sites for hydroxylation is 2. The number of nitrogen functional groups attached to an aromatic ring is 1. The third-order valence-corrected chi connectivity index (χ3v) is 4.10. The van der Waals surface area contributed by atoms with E-state index in [1.165, 1.54) is 29.6 Å². The average molecular weight is 261 g/mol. The van der Waals surface area contributed by atoms with Gasteiger partial charge >= 0.3 is 5.97 Å². The second-order valence-corrected chi connectivity index (χ2v) is 5.24. The Hall–Kier alpha value is -1.81. The van der Waals surface area contributed by atoms with Gasteiger partial charge in [-0.3, -0.25) is 0 Å². The van der Waals surface area contributed by atoms with Crippen LogP contribution in [-0.2, 0) is 4.74 Å². The molecule has 0 aliphatic rings. The van der Waals surface area contributed by atoms with Crippen LogP contribution in [0.25, 0.3) is 10.4 Å². The topological polar surface area (TPSA) is 52.3 Å². The third kappa shape index (κ3) is 2.24. The van der Waals surface area contributed by atoms with E-state index in [1.54, 1.807) is 0 Å². The van der Waals surface area contributed by atoms with E-state index in [1.807, 2.05) is 12.1 Å². The molecule has 0 saturated carbocycles. The van der Waals surface area contributed by atoms with E-state index in [0.29, 0.717) is 10.6 Å². The van der Waals surface area contributed by atoms with Gasteiger partial charge in [-0.05, 0) is 36.6 Å². The number of esters is 1. The Balaban J connectivity index is 2.45. The van der Waals surface area contributed by atoms with E-state index in [0.717, 1.165) is 10.4 Å². The molecule has 18 heavy (non-hydrogen) atoms.